The summed E-state index contributed by atoms with van der Waals surface area (Å²) in [6.07, 6.45) is 0. The highest BCUT2D eigenvalue weighted by Crippen LogP contribution is 2.33. The number of hydrogen-bond donors (Lipinski definition) is 2. The van der Waals surface area contributed by atoms with Crippen LogP contribution in [-0.2, 0) is 21.4 Å². The Kier molecular flexibility index (Phi) is 6.78. The second kappa shape index (κ2) is 9.35. The number of amides is 1. The number of sulfonamides is 1. The van der Waals surface area contributed by atoms with E-state index in [-0.39, 0.29) is 21.9 Å². The Balaban J connectivity index is 2.19. The van der Waals surface area contributed by atoms with E-state index >= 15 is 0 Å². The molecule has 1 atom stereocenters. The van der Waals surface area contributed by atoms with Gasteiger partial charge in [-0.2, -0.15) is 4.31 Å². The minimum Gasteiger partial charge on any atom is -0.508 e. The fourth-order valence-electron chi connectivity index (χ4n) is 3.14. The summed E-state index contributed by atoms with van der Waals surface area (Å²) in [6, 6.07) is 15.0. The van der Waals surface area contributed by atoms with E-state index in [0.29, 0.717) is 10.6 Å². The molecule has 0 aliphatic rings. The Bertz CT molecular complexity index is 1250. The fraction of sp³-hybridized carbons (Fsp3) is 0.0952. The normalized spacial score (nSPS) is 12.4. The van der Waals surface area contributed by atoms with Crippen LogP contribution in [0.15, 0.2) is 77.7 Å². The highest BCUT2D eigenvalue weighted by molar-refractivity contribution is 7.89. The predicted molar refractivity (Wildman–Crippen MR) is 117 cm³/mol. The van der Waals surface area contributed by atoms with E-state index in [2.05, 4.69) is 0 Å². The summed E-state index contributed by atoms with van der Waals surface area (Å²) in [5.74, 6) is -1.33. The lowest BCUT2D eigenvalue weighted by Crippen LogP contribution is -2.41. The van der Waals surface area contributed by atoms with Crippen molar-refractivity contribution >= 4 is 33.2 Å². The van der Waals surface area contributed by atoms with Crippen molar-refractivity contribution in [2.75, 3.05) is 0 Å². The summed E-state index contributed by atoms with van der Waals surface area (Å²) >= 11 is 5.87. The zero-order chi connectivity index (χ0) is 23.5. The van der Waals surface area contributed by atoms with Crippen molar-refractivity contribution in [3.8, 4) is 5.75 Å². The summed E-state index contributed by atoms with van der Waals surface area (Å²) in [4.78, 5) is 22.8. The number of hydrogen-bond acceptors (Lipinski definition) is 6. The number of phenols is 1. The molecule has 9 nitrogen and oxygen atoms in total. The number of nitro benzene ring substituents is 1. The Morgan fingerprint density at radius 1 is 1.09 bits per heavy atom. The van der Waals surface area contributed by atoms with Crippen LogP contribution in [-0.4, -0.2) is 28.7 Å². The molecule has 0 aromatic heterocycles. The van der Waals surface area contributed by atoms with E-state index in [1.807, 2.05) is 0 Å². The summed E-state index contributed by atoms with van der Waals surface area (Å²) in [7, 11) is -4.37. The molecule has 0 heterocycles. The van der Waals surface area contributed by atoms with Crippen LogP contribution in [0.3, 0.4) is 0 Å². The first-order valence-electron chi connectivity index (χ1n) is 9.19. The molecule has 0 bridgehead atoms. The Morgan fingerprint density at radius 3 is 2.28 bits per heavy atom. The quantitative estimate of drug-likeness (QED) is 0.377. The number of primary amides is 1. The lowest BCUT2D eigenvalue weighted by molar-refractivity contribution is -0.385. The number of nitrogens with zero attached hydrogens (tertiary/aromatic N) is 2. The topological polar surface area (TPSA) is 144 Å². The largest absolute Gasteiger partial charge is 0.508 e. The summed E-state index contributed by atoms with van der Waals surface area (Å²) < 4.78 is 27.9. The molecule has 3 aromatic rings. The monoisotopic (exact) mass is 475 g/mol. The van der Waals surface area contributed by atoms with Gasteiger partial charge < -0.3 is 10.8 Å². The van der Waals surface area contributed by atoms with Crippen LogP contribution in [0, 0.1) is 10.1 Å². The number of aromatic hydroxyl groups is 1. The van der Waals surface area contributed by atoms with Gasteiger partial charge in [-0.05, 0) is 35.9 Å². The van der Waals surface area contributed by atoms with Crippen LogP contribution in [0.1, 0.15) is 17.2 Å². The fourth-order valence-corrected chi connectivity index (χ4v) is 4.83. The number of nitrogens with two attached hydrogens (primary N) is 1. The molecule has 166 valence electrons. The number of halogens is 1. The average molecular weight is 476 g/mol. The zero-order valence-corrected chi connectivity index (χ0v) is 18.0. The molecule has 0 aliphatic heterocycles. The Morgan fingerprint density at radius 2 is 1.72 bits per heavy atom. The van der Waals surface area contributed by atoms with E-state index in [9.17, 15) is 28.4 Å². The van der Waals surface area contributed by atoms with Crippen molar-refractivity contribution < 1.29 is 23.2 Å². The van der Waals surface area contributed by atoms with Crippen LogP contribution in [0.5, 0.6) is 5.75 Å². The number of carbonyl (C=O) groups is 1. The molecule has 11 heteroatoms. The summed E-state index contributed by atoms with van der Waals surface area (Å²) in [6.45, 7) is -0.555. The summed E-state index contributed by atoms with van der Waals surface area (Å²) in [5, 5.41) is 21.7. The number of carbonyl (C=O) groups excluding carboxylic acids is 1. The standard InChI is InChI=1S/C21H18ClN3O6S/c22-16-6-9-18(10-7-16)32(30,31)24(20(21(23)27)14-4-2-1-3-5-14)13-15-12-17(25(28)29)8-11-19(15)26/h1-12,20,26H,13H2,(H2,23,27)/t20-/m1/s1. The van der Waals surface area contributed by atoms with E-state index in [4.69, 9.17) is 17.3 Å². The highest BCUT2D eigenvalue weighted by Gasteiger charge is 2.37. The van der Waals surface area contributed by atoms with E-state index in [0.717, 1.165) is 22.5 Å². The third kappa shape index (κ3) is 4.88. The molecular weight excluding hydrogens is 458 g/mol. The molecule has 0 radical (unpaired) electrons. The maximum absolute atomic E-state index is 13.6. The minimum absolute atomic E-state index is 0.0704. The maximum atomic E-state index is 13.6. The van der Waals surface area contributed by atoms with Gasteiger partial charge in [0.2, 0.25) is 15.9 Å². The molecule has 0 aliphatic carbocycles. The average Bonchev–Trinajstić information content (AvgIpc) is 2.75. The van der Waals surface area contributed by atoms with Gasteiger partial charge in [-0.25, -0.2) is 8.42 Å². The SMILES string of the molecule is NC(=O)[C@@H](c1ccccc1)N(Cc1cc([N+](=O)[O-])ccc1O)S(=O)(=O)c1ccc(Cl)cc1. The van der Waals surface area contributed by atoms with Gasteiger partial charge in [0, 0.05) is 29.3 Å². The van der Waals surface area contributed by atoms with Crippen molar-refractivity contribution in [3.63, 3.8) is 0 Å². The number of phenolic OH excluding ortho intramolecular Hbond substituents is 1. The first kappa shape index (κ1) is 23.2. The molecule has 0 saturated carbocycles. The lowest BCUT2D eigenvalue weighted by Gasteiger charge is -2.29. The molecule has 3 N–H and O–H groups in total. The molecule has 0 unspecified atom stereocenters. The van der Waals surface area contributed by atoms with E-state index in [1.165, 1.54) is 36.4 Å². The highest BCUT2D eigenvalue weighted by atomic mass is 35.5. The van der Waals surface area contributed by atoms with Crippen molar-refractivity contribution in [2.45, 2.75) is 17.5 Å². The molecule has 3 aromatic carbocycles. The van der Waals surface area contributed by atoms with E-state index in [1.54, 1.807) is 18.2 Å². The van der Waals surface area contributed by atoms with Gasteiger partial charge >= 0.3 is 0 Å². The van der Waals surface area contributed by atoms with Crippen molar-refractivity contribution in [2.24, 2.45) is 5.73 Å². The van der Waals surface area contributed by atoms with Gasteiger partial charge in [0.15, 0.2) is 0 Å². The van der Waals surface area contributed by atoms with Gasteiger partial charge in [-0.3, -0.25) is 14.9 Å². The smallest absolute Gasteiger partial charge is 0.270 e. The molecule has 0 spiro atoms. The molecule has 0 saturated heterocycles. The van der Waals surface area contributed by atoms with Gasteiger partial charge in [-0.1, -0.05) is 41.9 Å². The first-order valence-corrected chi connectivity index (χ1v) is 11.0. The van der Waals surface area contributed by atoms with Crippen molar-refractivity contribution in [1.82, 2.24) is 4.31 Å². The van der Waals surface area contributed by atoms with Crippen LogP contribution in [0.2, 0.25) is 5.02 Å². The predicted octanol–water partition coefficient (Wildman–Crippen LogP) is 3.37. The Hall–Kier alpha value is -3.47. The first-order chi connectivity index (χ1) is 15.1. The van der Waals surface area contributed by atoms with E-state index < -0.39 is 33.4 Å². The molecular formula is C21H18ClN3O6S. The molecule has 3 rings (SSSR count). The number of rotatable bonds is 8. The van der Waals surface area contributed by atoms with Crippen LogP contribution in [0.4, 0.5) is 5.69 Å². The Labute approximate surface area is 188 Å². The number of non-ortho nitro benzene ring substituents is 1. The van der Waals surface area contributed by atoms with Gasteiger partial charge in [0.25, 0.3) is 5.69 Å². The number of nitro groups is 1. The maximum Gasteiger partial charge on any atom is 0.270 e. The second-order valence-electron chi connectivity index (χ2n) is 6.79. The van der Waals surface area contributed by atoms with Gasteiger partial charge in [0.05, 0.1) is 9.82 Å². The van der Waals surface area contributed by atoms with Crippen molar-refractivity contribution in [1.29, 1.82) is 0 Å². The lowest BCUT2D eigenvalue weighted by atomic mass is 10.1. The second-order valence-corrected chi connectivity index (χ2v) is 9.12. The number of benzene rings is 3. The third-order valence-electron chi connectivity index (χ3n) is 4.69. The van der Waals surface area contributed by atoms with Gasteiger partial charge in [0.1, 0.15) is 11.8 Å². The molecule has 0 fully saturated rings. The van der Waals surface area contributed by atoms with Crippen LogP contribution >= 0.6 is 11.6 Å². The summed E-state index contributed by atoms with van der Waals surface area (Å²) in [5.41, 5.74) is 5.47. The minimum atomic E-state index is -4.37. The van der Waals surface area contributed by atoms with Crippen molar-refractivity contribution in [3.05, 3.63) is 99.1 Å². The molecule has 32 heavy (non-hydrogen) atoms. The zero-order valence-electron chi connectivity index (χ0n) is 16.5. The van der Waals surface area contributed by atoms with Crippen LogP contribution in [0.25, 0.3) is 0 Å². The van der Waals surface area contributed by atoms with Gasteiger partial charge in [-0.15, -0.1) is 0 Å². The molecule has 1 amide bonds. The third-order valence-corrected chi connectivity index (χ3v) is 6.77. The van der Waals surface area contributed by atoms with Crippen LogP contribution < -0.4 is 5.73 Å².